The molecule has 3 aromatic rings. The van der Waals surface area contributed by atoms with Crippen molar-refractivity contribution in [3.63, 3.8) is 0 Å². The highest BCUT2D eigenvalue weighted by atomic mass is 16.7. The largest absolute Gasteiger partial charge is 0.493 e. The van der Waals surface area contributed by atoms with Gasteiger partial charge in [0.25, 0.3) is 0 Å². The molecule has 0 aliphatic carbocycles. The van der Waals surface area contributed by atoms with E-state index in [0.717, 1.165) is 40.7 Å². The van der Waals surface area contributed by atoms with Gasteiger partial charge in [0.05, 0.1) is 40.7 Å². The Hall–Kier alpha value is -4.22. The molecule has 0 saturated carbocycles. The molecule has 5 rings (SSSR count). The van der Waals surface area contributed by atoms with Crippen LogP contribution in [0.15, 0.2) is 54.9 Å². The van der Waals surface area contributed by atoms with Gasteiger partial charge < -0.3 is 28.7 Å². The second-order valence-corrected chi connectivity index (χ2v) is 13.1. The fourth-order valence-corrected chi connectivity index (χ4v) is 6.63. The smallest absolute Gasteiger partial charge is 0.308 e. The molecule has 1 saturated heterocycles. The Balaban J connectivity index is 1.47. The molecule has 3 heterocycles. The van der Waals surface area contributed by atoms with Crippen molar-refractivity contribution in [3.8, 4) is 17.2 Å². The van der Waals surface area contributed by atoms with Crippen molar-refractivity contribution in [1.29, 1.82) is 0 Å². The number of carbonyl (C=O) groups excluding carboxylic acids is 1. The number of amides is 1. The van der Waals surface area contributed by atoms with Gasteiger partial charge in [0.15, 0.2) is 11.5 Å². The monoisotopic (exact) mass is 632 g/mol. The molecule has 0 radical (unpaired) electrons. The highest BCUT2D eigenvalue weighted by Gasteiger charge is 2.47. The molecule has 0 bridgehead atoms. The van der Waals surface area contributed by atoms with Crippen LogP contribution in [0.5, 0.6) is 17.2 Å². The number of unbranched alkanes of at least 4 members (excludes halogenated alkanes) is 1. The Labute approximate surface area is 271 Å². The first-order chi connectivity index (χ1) is 22.1. The Morgan fingerprint density at radius 1 is 1.11 bits per heavy atom. The number of fused-ring (bicyclic) bond motifs is 1. The first kappa shape index (κ1) is 33.2. The van der Waals surface area contributed by atoms with Crippen molar-refractivity contribution in [1.82, 2.24) is 14.9 Å². The lowest BCUT2D eigenvalue weighted by Gasteiger charge is -2.30. The van der Waals surface area contributed by atoms with Crippen LogP contribution >= 0.6 is 0 Å². The van der Waals surface area contributed by atoms with Crippen molar-refractivity contribution in [3.05, 3.63) is 71.8 Å². The minimum atomic E-state index is -0.911. The summed E-state index contributed by atoms with van der Waals surface area (Å²) in [4.78, 5) is 39.9. The van der Waals surface area contributed by atoms with E-state index in [2.05, 4.69) is 50.2 Å². The summed E-state index contributed by atoms with van der Waals surface area (Å²) >= 11 is 0. The van der Waals surface area contributed by atoms with E-state index < -0.39 is 23.8 Å². The van der Waals surface area contributed by atoms with Crippen LogP contribution in [0, 0.1) is 5.92 Å². The number of benzene rings is 2. The molecule has 246 valence electrons. The Morgan fingerprint density at radius 3 is 2.59 bits per heavy atom. The number of carboxylic acid groups (broad SMARTS) is 1. The number of rotatable bonds is 14. The predicted molar refractivity (Wildman–Crippen MR) is 174 cm³/mol. The van der Waals surface area contributed by atoms with Crippen LogP contribution < -0.4 is 19.1 Å². The van der Waals surface area contributed by atoms with Gasteiger partial charge in [0.2, 0.25) is 18.4 Å². The average Bonchev–Trinajstić information content (AvgIpc) is 3.64. The van der Waals surface area contributed by atoms with Gasteiger partial charge >= 0.3 is 5.97 Å². The normalized spacial score (nSPS) is 19.3. The number of ether oxygens (including phenoxy) is 3. The van der Waals surface area contributed by atoms with Gasteiger partial charge in [-0.05, 0) is 48.7 Å². The highest BCUT2D eigenvalue weighted by molar-refractivity contribution is 5.95. The standard InChI is InChI=1S/C35H45N5O6/c1-6-7-16-39(26-11-8-10-24(17-26)22-40(2,3)4)32(41)21-38-20-27(25-18-29(44-5)34-30(19-25)45-23-46-34)33(35(42)43)28(38)12-13-31-36-14-9-15-37-31/h8-11,14-15,17-19,27-28,33H,6-7,12-13,16,20-23H2,1-5H3/p+1/t27-,28+,33?/m1/s1. The molecule has 2 aliphatic heterocycles. The summed E-state index contributed by atoms with van der Waals surface area (Å²) in [6, 6.07) is 13.2. The van der Waals surface area contributed by atoms with Gasteiger partial charge in [-0.25, -0.2) is 9.97 Å². The number of nitrogens with zero attached hydrogens (tertiary/aromatic N) is 5. The zero-order chi connectivity index (χ0) is 32.8. The lowest BCUT2D eigenvalue weighted by atomic mass is 9.83. The maximum absolute atomic E-state index is 14.2. The van der Waals surface area contributed by atoms with Crippen molar-refractivity contribution in [2.24, 2.45) is 5.92 Å². The van der Waals surface area contributed by atoms with Gasteiger partial charge in [-0.3, -0.25) is 14.5 Å². The summed E-state index contributed by atoms with van der Waals surface area (Å²) in [5.41, 5.74) is 2.80. The Bertz CT molecular complexity index is 1510. The summed E-state index contributed by atoms with van der Waals surface area (Å²) in [5, 5.41) is 10.7. The van der Waals surface area contributed by atoms with Crippen molar-refractivity contribution in [2.75, 3.05) is 59.6 Å². The number of carboxylic acids is 1. The molecular weight excluding hydrogens is 586 g/mol. The second-order valence-electron chi connectivity index (χ2n) is 13.1. The number of aryl methyl sites for hydroxylation is 1. The van der Waals surface area contributed by atoms with Gasteiger partial charge in [-0.1, -0.05) is 25.5 Å². The molecule has 0 spiro atoms. The minimum Gasteiger partial charge on any atom is -0.493 e. The average molecular weight is 633 g/mol. The molecule has 11 nitrogen and oxygen atoms in total. The van der Waals surface area contributed by atoms with Crippen molar-refractivity contribution in [2.45, 2.75) is 51.1 Å². The minimum absolute atomic E-state index is 0.0511. The topological polar surface area (TPSA) is 114 Å². The number of hydrogen-bond acceptors (Lipinski definition) is 8. The van der Waals surface area contributed by atoms with E-state index in [-0.39, 0.29) is 19.2 Å². The van der Waals surface area contributed by atoms with Gasteiger partial charge in [-0.15, -0.1) is 0 Å². The van der Waals surface area contributed by atoms with Crippen LogP contribution in [0.3, 0.4) is 0 Å². The van der Waals surface area contributed by atoms with Crippen LogP contribution in [0.4, 0.5) is 5.69 Å². The SMILES string of the molecule is CCCCN(C(=O)CN1C[C@H](c2cc(OC)c3c(c2)OCO3)C(C(=O)O)[C@@H]1CCc1ncccn1)c1cccc(C[N+](C)(C)C)c1. The van der Waals surface area contributed by atoms with E-state index >= 15 is 0 Å². The van der Waals surface area contributed by atoms with E-state index in [0.29, 0.717) is 49.0 Å². The first-order valence-electron chi connectivity index (χ1n) is 16.0. The zero-order valence-electron chi connectivity index (χ0n) is 27.5. The summed E-state index contributed by atoms with van der Waals surface area (Å²) in [6.45, 7) is 4.08. The fourth-order valence-electron chi connectivity index (χ4n) is 6.63. The summed E-state index contributed by atoms with van der Waals surface area (Å²) in [7, 11) is 7.99. The van der Waals surface area contributed by atoms with Crippen LogP contribution in [-0.2, 0) is 22.6 Å². The van der Waals surface area contributed by atoms with E-state index in [4.69, 9.17) is 14.2 Å². The first-order valence-corrected chi connectivity index (χ1v) is 16.0. The van der Waals surface area contributed by atoms with E-state index in [1.165, 1.54) is 0 Å². The molecule has 1 amide bonds. The van der Waals surface area contributed by atoms with Gasteiger partial charge in [-0.2, -0.15) is 0 Å². The quantitative estimate of drug-likeness (QED) is 0.259. The lowest BCUT2D eigenvalue weighted by Crippen LogP contribution is -2.44. The number of anilines is 1. The molecule has 1 aromatic heterocycles. The second kappa shape index (κ2) is 14.5. The summed E-state index contributed by atoms with van der Waals surface area (Å²) < 4.78 is 17.6. The third kappa shape index (κ3) is 7.76. The zero-order valence-corrected chi connectivity index (χ0v) is 27.5. The highest BCUT2D eigenvalue weighted by Crippen LogP contribution is 2.47. The predicted octanol–water partition coefficient (Wildman–Crippen LogP) is 4.35. The summed E-state index contributed by atoms with van der Waals surface area (Å²) in [6.07, 6.45) is 6.16. The number of carbonyl (C=O) groups is 2. The van der Waals surface area contributed by atoms with Crippen LogP contribution in [0.25, 0.3) is 0 Å². The molecule has 2 aliphatic rings. The van der Waals surface area contributed by atoms with Crippen LogP contribution in [0.2, 0.25) is 0 Å². The van der Waals surface area contributed by atoms with Crippen molar-refractivity contribution < 1.29 is 33.4 Å². The van der Waals surface area contributed by atoms with E-state index in [9.17, 15) is 14.7 Å². The summed E-state index contributed by atoms with van der Waals surface area (Å²) in [5.74, 6) is 0.0334. The molecule has 1 N–H and O–H groups in total. The number of aliphatic carboxylic acids is 1. The van der Waals surface area contributed by atoms with Gasteiger partial charge in [0.1, 0.15) is 12.4 Å². The number of aromatic nitrogens is 2. The molecule has 3 atom stereocenters. The van der Waals surface area contributed by atoms with E-state index in [1.807, 2.05) is 34.1 Å². The van der Waals surface area contributed by atoms with Gasteiger partial charge in [0, 0.05) is 55.1 Å². The third-order valence-corrected chi connectivity index (χ3v) is 8.68. The lowest BCUT2D eigenvalue weighted by molar-refractivity contribution is -0.884. The number of methoxy groups -OCH3 is 1. The van der Waals surface area contributed by atoms with Crippen LogP contribution in [-0.4, -0.2) is 97.1 Å². The molecule has 1 unspecified atom stereocenters. The fraction of sp³-hybridized carbons (Fsp3) is 0.486. The number of hydrogen-bond donors (Lipinski definition) is 1. The Morgan fingerprint density at radius 2 is 1.89 bits per heavy atom. The maximum atomic E-state index is 14.2. The number of quaternary nitrogens is 1. The maximum Gasteiger partial charge on any atom is 0.308 e. The third-order valence-electron chi connectivity index (χ3n) is 8.68. The Kier molecular flexibility index (Phi) is 10.4. The molecule has 2 aromatic carbocycles. The molecule has 46 heavy (non-hydrogen) atoms. The number of likely N-dealkylation sites (tertiary alicyclic amines) is 1. The molecule has 1 fully saturated rings. The molecule has 11 heteroatoms. The van der Waals surface area contributed by atoms with Crippen molar-refractivity contribution >= 4 is 17.6 Å². The van der Waals surface area contributed by atoms with Crippen LogP contribution in [0.1, 0.15) is 49.1 Å². The molecular formula is C35H46N5O6+. The van der Waals surface area contributed by atoms with E-state index in [1.54, 1.807) is 25.6 Å².